The molecule has 2 N–H and O–H groups in total. The molecule has 1 aromatic heterocycles. The summed E-state index contributed by atoms with van der Waals surface area (Å²) < 4.78 is 6.02. The second-order valence-corrected chi connectivity index (χ2v) is 10.5. The van der Waals surface area contributed by atoms with E-state index in [-0.39, 0.29) is 29.9 Å². The van der Waals surface area contributed by atoms with E-state index in [4.69, 9.17) is 16.6 Å². The van der Waals surface area contributed by atoms with E-state index in [2.05, 4.69) is 22.8 Å². The van der Waals surface area contributed by atoms with Crippen molar-refractivity contribution >= 4 is 75.0 Å². The van der Waals surface area contributed by atoms with E-state index >= 15 is 0 Å². The Balaban J connectivity index is 1.17. The summed E-state index contributed by atoms with van der Waals surface area (Å²) in [6.45, 7) is 2.42. The minimum atomic E-state index is -0.385. The third-order valence-electron chi connectivity index (χ3n) is 5.29. The number of amides is 3. The third kappa shape index (κ3) is 6.74. The molecular weight excluding hydrogens is 517 g/mol. The van der Waals surface area contributed by atoms with Gasteiger partial charge < -0.3 is 4.42 Å². The lowest BCUT2D eigenvalue weighted by atomic mass is 10.1. The van der Waals surface area contributed by atoms with Crippen molar-refractivity contribution in [2.45, 2.75) is 31.4 Å². The van der Waals surface area contributed by atoms with Crippen LogP contribution in [0.5, 0.6) is 0 Å². The van der Waals surface area contributed by atoms with Gasteiger partial charge in [-0.2, -0.15) is 0 Å². The molecular formula is C25H24N4O4S3. The highest BCUT2D eigenvalue weighted by Crippen LogP contribution is 2.32. The van der Waals surface area contributed by atoms with Crippen LogP contribution in [0.15, 0.2) is 63.1 Å². The Morgan fingerprint density at radius 2 is 1.89 bits per heavy atom. The quantitative estimate of drug-likeness (QED) is 0.179. The van der Waals surface area contributed by atoms with Crippen molar-refractivity contribution in [3.8, 4) is 0 Å². The number of benzene rings is 2. The molecule has 3 aromatic rings. The van der Waals surface area contributed by atoms with Crippen molar-refractivity contribution in [2.75, 3.05) is 12.3 Å². The number of hydrogen-bond acceptors (Lipinski definition) is 8. The zero-order valence-corrected chi connectivity index (χ0v) is 21.9. The Hall–Kier alpha value is -3.15. The number of hydrazine groups is 1. The van der Waals surface area contributed by atoms with Crippen LogP contribution >= 0.6 is 35.7 Å². The topological polar surface area (TPSA) is 105 Å². The van der Waals surface area contributed by atoms with Gasteiger partial charge in [0, 0.05) is 13.0 Å². The number of carbonyl (C=O) groups excluding carboxylic acids is 3. The average Bonchev–Trinajstić information content (AvgIpc) is 3.42. The molecule has 8 nitrogen and oxygen atoms in total. The van der Waals surface area contributed by atoms with Gasteiger partial charge in [-0.25, -0.2) is 4.98 Å². The van der Waals surface area contributed by atoms with Crippen LogP contribution in [0.1, 0.15) is 30.9 Å². The number of thiocarbonyl (C=S) groups is 1. The van der Waals surface area contributed by atoms with Gasteiger partial charge in [0.1, 0.15) is 9.84 Å². The van der Waals surface area contributed by atoms with Gasteiger partial charge in [-0.1, -0.05) is 79.1 Å². The number of nitrogens with zero attached hydrogens (tertiary/aromatic N) is 2. The number of oxazole rings is 1. The number of aromatic nitrogens is 1. The summed E-state index contributed by atoms with van der Waals surface area (Å²) in [7, 11) is 0. The molecule has 0 radical (unpaired) electrons. The molecule has 1 fully saturated rings. The van der Waals surface area contributed by atoms with Crippen LogP contribution in [0.3, 0.4) is 0 Å². The van der Waals surface area contributed by atoms with Gasteiger partial charge in [-0.05, 0) is 42.2 Å². The van der Waals surface area contributed by atoms with E-state index in [0.29, 0.717) is 33.0 Å². The SMILES string of the molecule is CCc1ccc(C=C2SC(=S)N(CCCC(=O)NNC(=O)CSc3nc4ccccc4o3)C2=O)cc1. The molecule has 1 aliphatic heterocycles. The molecule has 0 bridgehead atoms. The fourth-order valence-electron chi connectivity index (χ4n) is 3.37. The van der Waals surface area contributed by atoms with Crippen molar-refractivity contribution in [1.29, 1.82) is 0 Å². The molecule has 36 heavy (non-hydrogen) atoms. The van der Waals surface area contributed by atoms with Crippen LogP contribution in [0.25, 0.3) is 17.2 Å². The number of nitrogens with one attached hydrogen (secondary N) is 2. The Morgan fingerprint density at radius 1 is 1.14 bits per heavy atom. The maximum atomic E-state index is 12.8. The number of para-hydroxylation sites is 2. The first-order chi connectivity index (χ1) is 17.4. The molecule has 3 amide bonds. The maximum absolute atomic E-state index is 12.8. The van der Waals surface area contributed by atoms with Crippen LogP contribution in [0.2, 0.25) is 0 Å². The minimum absolute atomic E-state index is 0.0388. The zero-order chi connectivity index (χ0) is 25.5. The second kappa shape index (κ2) is 12.2. The number of aryl methyl sites for hydroxylation is 1. The van der Waals surface area contributed by atoms with Crippen LogP contribution in [0, 0.1) is 0 Å². The van der Waals surface area contributed by atoms with Gasteiger partial charge in [0.25, 0.3) is 11.1 Å². The molecule has 0 saturated carbocycles. The first-order valence-electron chi connectivity index (χ1n) is 11.3. The lowest BCUT2D eigenvalue weighted by Crippen LogP contribution is -2.42. The first-order valence-corrected chi connectivity index (χ1v) is 13.5. The monoisotopic (exact) mass is 540 g/mol. The van der Waals surface area contributed by atoms with Gasteiger partial charge in [0.2, 0.25) is 11.8 Å². The molecule has 2 aromatic carbocycles. The van der Waals surface area contributed by atoms with E-state index in [1.54, 1.807) is 6.07 Å². The number of rotatable bonds is 9. The summed E-state index contributed by atoms with van der Waals surface area (Å²) >= 11 is 7.76. The van der Waals surface area contributed by atoms with Crippen LogP contribution in [0.4, 0.5) is 0 Å². The molecule has 1 saturated heterocycles. The summed E-state index contributed by atoms with van der Waals surface area (Å²) in [6.07, 6.45) is 3.33. The predicted molar refractivity (Wildman–Crippen MR) is 146 cm³/mol. The summed E-state index contributed by atoms with van der Waals surface area (Å²) in [5.41, 5.74) is 8.31. The van der Waals surface area contributed by atoms with Crippen molar-refractivity contribution in [1.82, 2.24) is 20.7 Å². The molecule has 0 spiro atoms. The van der Waals surface area contributed by atoms with Crippen molar-refractivity contribution < 1.29 is 18.8 Å². The largest absolute Gasteiger partial charge is 0.431 e. The Morgan fingerprint density at radius 3 is 2.64 bits per heavy atom. The lowest BCUT2D eigenvalue weighted by molar-refractivity contribution is -0.128. The Bertz CT molecular complexity index is 1290. The molecule has 0 unspecified atom stereocenters. The van der Waals surface area contributed by atoms with Crippen molar-refractivity contribution in [2.24, 2.45) is 0 Å². The minimum Gasteiger partial charge on any atom is -0.431 e. The molecule has 4 rings (SSSR count). The van der Waals surface area contributed by atoms with Gasteiger partial charge in [-0.15, -0.1) is 0 Å². The van der Waals surface area contributed by atoms with Crippen LogP contribution in [-0.4, -0.2) is 44.2 Å². The fraction of sp³-hybridized carbons (Fsp3) is 0.240. The van der Waals surface area contributed by atoms with E-state index in [9.17, 15) is 14.4 Å². The normalized spacial score (nSPS) is 14.6. The van der Waals surface area contributed by atoms with E-state index in [1.165, 1.54) is 22.2 Å². The van der Waals surface area contributed by atoms with E-state index < -0.39 is 0 Å². The fourth-order valence-corrected chi connectivity index (χ4v) is 5.32. The highest BCUT2D eigenvalue weighted by atomic mass is 32.2. The van der Waals surface area contributed by atoms with Crippen molar-refractivity contribution in [3.05, 3.63) is 64.6 Å². The van der Waals surface area contributed by atoms with Crippen LogP contribution < -0.4 is 10.9 Å². The van der Waals surface area contributed by atoms with Crippen LogP contribution in [-0.2, 0) is 20.8 Å². The average molecular weight is 541 g/mol. The summed E-state index contributed by atoms with van der Waals surface area (Å²) in [6, 6.07) is 15.4. The standard InChI is InChI=1S/C25H24N4O4S3/c1-2-16-9-11-17(12-10-16)14-20-23(32)29(25(34)36-20)13-5-8-21(30)27-28-22(31)15-35-24-26-18-6-3-4-7-19(18)33-24/h3-4,6-7,9-12,14H,2,5,8,13,15H2,1H3,(H,27,30)(H,28,31). The van der Waals surface area contributed by atoms with Gasteiger partial charge in [0.15, 0.2) is 5.58 Å². The predicted octanol–water partition coefficient (Wildman–Crippen LogP) is 4.31. The van der Waals surface area contributed by atoms with Gasteiger partial charge >= 0.3 is 0 Å². The maximum Gasteiger partial charge on any atom is 0.266 e. The summed E-state index contributed by atoms with van der Waals surface area (Å²) in [4.78, 5) is 43.3. The molecule has 0 atom stereocenters. The Kier molecular flexibility index (Phi) is 8.79. The number of fused-ring (bicyclic) bond motifs is 1. The molecule has 0 aliphatic carbocycles. The second-order valence-electron chi connectivity index (χ2n) is 7.86. The molecule has 11 heteroatoms. The smallest absolute Gasteiger partial charge is 0.266 e. The molecule has 1 aliphatic rings. The van der Waals surface area contributed by atoms with Gasteiger partial charge in [0.05, 0.1) is 10.7 Å². The number of carbonyl (C=O) groups is 3. The first kappa shape index (κ1) is 25.9. The Labute approximate surface area is 222 Å². The van der Waals surface area contributed by atoms with Gasteiger partial charge in [-0.3, -0.25) is 30.1 Å². The van der Waals surface area contributed by atoms with Crippen molar-refractivity contribution in [3.63, 3.8) is 0 Å². The highest BCUT2D eigenvalue weighted by molar-refractivity contribution is 8.26. The molecule has 2 heterocycles. The van der Waals surface area contributed by atoms with E-state index in [0.717, 1.165) is 29.3 Å². The van der Waals surface area contributed by atoms with E-state index in [1.807, 2.05) is 48.5 Å². The zero-order valence-electron chi connectivity index (χ0n) is 19.5. The third-order valence-corrected chi connectivity index (χ3v) is 7.49. The summed E-state index contributed by atoms with van der Waals surface area (Å²) in [5, 5.41) is 0.383. The number of hydrogen-bond donors (Lipinski definition) is 2. The lowest BCUT2D eigenvalue weighted by Gasteiger charge is -2.14. The molecule has 186 valence electrons. The highest BCUT2D eigenvalue weighted by Gasteiger charge is 2.31. The summed E-state index contributed by atoms with van der Waals surface area (Å²) in [5.74, 6) is -0.858. The number of thioether (sulfide) groups is 2.